The van der Waals surface area contributed by atoms with Crippen molar-refractivity contribution in [2.45, 2.75) is 31.3 Å². The van der Waals surface area contributed by atoms with E-state index < -0.39 is 0 Å². The summed E-state index contributed by atoms with van der Waals surface area (Å²) >= 11 is 7.59. The first-order valence-corrected chi connectivity index (χ1v) is 10.2. The first-order chi connectivity index (χ1) is 13.4. The molecule has 0 saturated heterocycles. The van der Waals surface area contributed by atoms with Gasteiger partial charge in [-0.15, -0.1) is 10.2 Å². The zero-order valence-corrected chi connectivity index (χ0v) is 17.0. The van der Waals surface area contributed by atoms with Crippen LogP contribution in [0, 0.1) is 11.7 Å². The molecular weight excluding hydrogens is 399 g/mol. The van der Waals surface area contributed by atoms with Crippen molar-refractivity contribution >= 4 is 40.0 Å². The average molecular weight is 417 g/mol. The lowest BCUT2D eigenvalue weighted by Crippen LogP contribution is -2.25. The molecule has 2 aromatic carbocycles. The topological polar surface area (TPSA) is 52.2 Å². The Labute approximate surface area is 170 Å². The summed E-state index contributed by atoms with van der Waals surface area (Å²) in [7, 11) is 0. The van der Waals surface area contributed by atoms with Crippen LogP contribution >= 0.6 is 23.4 Å². The van der Waals surface area contributed by atoms with Gasteiger partial charge < -0.3 is 0 Å². The number of fused-ring (bicyclic) bond motifs is 3. The van der Waals surface area contributed by atoms with E-state index in [0.717, 1.165) is 5.56 Å². The Balaban J connectivity index is 1.87. The number of nitrogens with zero attached hydrogens (tertiary/aromatic N) is 4. The van der Waals surface area contributed by atoms with Crippen LogP contribution < -0.4 is 5.56 Å². The SMILES string of the molecule is CC(C)Cn1c(=O)c2cc(Cl)ccc2n2c(SCc3cccc(F)c3)nnc12. The molecule has 0 atom stereocenters. The van der Waals surface area contributed by atoms with Crippen LogP contribution in [-0.2, 0) is 12.3 Å². The van der Waals surface area contributed by atoms with Gasteiger partial charge in [0.2, 0.25) is 5.78 Å². The van der Waals surface area contributed by atoms with Gasteiger partial charge in [-0.3, -0.25) is 13.8 Å². The molecule has 0 saturated carbocycles. The monoisotopic (exact) mass is 416 g/mol. The molecule has 0 fully saturated rings. The fraction of sp³-hybridized carbons (Fsp3) is 0.250. The Hall–Kier alpha value is -2.38. The van der Waals surface area contributed by atoms with Gasteiger partial charge in [-0.2, -0.15) is 0 Å². The van der Waals surface area contributed by atoms with Crippen molar-refractivity contribution in [3.63, 3.8) is 0 Å². The highest BCUT2D eigenvalue weighted by molar-refractivity contribution is 7.98. The summed E-state index contributed by atoms with van der Waals surface area (Å²) in [5.74, 6) is 1.03. The molecule has 4 aromatic rings. The van der Waals surface area contributed by atoms with E-state index in [4.69, 9.17) is 11.6 Å². The predicted octanol–water partition coefficient (Wildman–Crippen LogP) is 4.79. The fourth-order valence-corrected chi connectivity index (χ4v) is 4.21. The van der Waals surface area contributed by atoms with E-state index in [-0.39, 0.29) is 17.3 Å². The van der Waals surface area contributed by atoms with Gasteiger partial charge in [0, 0.05) is 17.3 Å². The van der Waals surface area contributed by atoms with Crippen LogP contribution in [0.25, 0.3) is 16.7 Å². The summed E-state index contributed by atoms with van der Waals surface area (Å²) < 4.78 is 17.0. The van der Waals surface area contributed by atoms with Gasteiger partial charge in [-0.1, -0.05) is 49.3 Å². The highest BCUT2D eigenvalue weighted by atomic mass is 35.5. The average Bonchev–Trinajstić information content (AvgIpc) is 3.07. The zero-order valence-electron chi connectivity index (χ0n) is 15.4. The standard InChI is InChI=1S/C20H18ClFN4OS/c1-12(2)10-25-18(27)16-9-14(21)6-7-17(16)26-19(25)23-24-20(26)28-11-13-4-3-5-15(22)8-13/h3-9,12H,10-11H2,1-2H3. The summed E-state index contributed by atoms with van der Waals surface area (Å²) in [6.07, 6.45) is 0. The van der Waals surface area contributed by atoms with E-state index >= 15 is 0 Å². The summed E-state index contributed by atoms with van der Waals surface area (Å²) in [5.41, 5.74) is 1.42. The molecule has 0 N–H and O–H groups in total. The van der Waals surface area contributed by atoms with Gasteiger partial charge in [-0.05, 0) is 41.8 Å². The van der Waals surface area contributed by atoms with Crippen LogP contribution in [0.1, 0.15) is 19.4 Å². The maximum absolute atomic E-state index is 13.5. The Morgan fingerprint density at radius 3 is 2.75 bits per heavy atom. The third kappa shape index (κ3) is 3.52. The van der Waals surface area contributed by atoms with Crippen molar-refractivity contribution < 1.29 is 4.39 Å². The lowest BCUT2D eigenvalue weighted by Gasteiger charge is -2.13. The zero-order chi connectivity index (χ0) is 19.8. The molecule has 144 valence electrons. The van der Waals surface area contributed by atoms with Crippen molar-refractivity contribution in [1.82, 2.24) is 19.2 Å². The van der Waals surface area contributed by atoms with Crippen molar-refractivity contribution in [1.29, 1.82) is 0 Å². The maximum atomic E-state index is 13.5. The highest BCUT2D eigenvalue weighted by Gasteiger charge is 2.18. The molecule has 0 radical (unpaired) electrons. The predicted molar refractivity (Wildman–Crippen MR) is 111 cm³/mol. The molecule has 0 aliphatic heterocycles. The molecule has 0 aliphatic rings. The second-order valence-corrected chi connectivity index (χ2v) is 8.39. The minimum absolute atomic E-state index is 0.132. The van der Waals surface area contributed by atoms with Gasteiger partial charge >= 0.3 is 0 Å². The van der Waals surface area contributed by atoms with E-state index in [9.17, 15) is 9.18 Å². The van der Waals surface area contributed by atoms with Crippen LogP contribution in [0.4, 0.5) is 4.39 Å². The van der Waals surface area contributed by atoms with Crippen molar-refractivity contribution in [3.8, 4) is 0 Å². The minimum Gasteiger partial charge on any atom is -0.276 e. The molecular formula is C20H18ClFN4OS. The third-order valence-electron chi connectivity index (χ3n) is 4.34. The minimum atomic E-state index is -0.268. The normalized spacial score (nSPS) is 11.8. The number of hydrogen-bond acceptors (Lipinski definition) is 4. The molecule has 2 heterocycles. The van der Waals surface area contributed by atoms with E-state index in [1.807, 2.05) is 24.3 Å². The van der Waals surface area contributed by atoms with Crippen LogP contribution in [0.2, 0.25) is 5.02 Å². The smallest absolute Gasteiger partial charge is 0.262 e. The summed E-state index contributed by atoms with van der Waals surface area (Å²) in [6.45, 7) is 4.61. The summed E-state index contributed by atoms with van der Waals surface area (Å²) in [4.78, 5) is 13.0. The second-order valence-electron chi connectivity index (χ2n) is 7.01. The Morgan fingerprint density at radius 2 is 2.00 bits per heavy atom. The van der Waals surface area contributed by atoms with Gasteiger partial charge in [0.15, 0.2) is 5.16 Å². The van der Waals surface area contributed by atoms with E-state index in [0.29, 0.717) is 39.2 Å². The molecule has 0 amide bonds. The van der Waals surface area contributed by atoms with E-state index in [1.54, 1.807) is 28.8 Å². The number of hydrogen-bond donors (Lipinski definition) is 0. The highest BCUT2D eigenvalue weighted by Crippen LogP contribution is 2.26. The summed E-state index contributed by atoms with van der Waals surface area (Å²) in [5, 5.41) is 10.3. The van der Waals surface area contributed by atoms with Gasteiger partial charge in [0.1, 0.15) is 5.82 Å². The van der Waals surface area contributed by atoms with Crippen LogP contribution in [0.5, 0.6) is 0 Å². The van der Waals surface area contributed by atoms with Crippen molar-refractivity contribution in [2.75, 3.05) is 0 Å². The Kier molecular flexibility index (Phi) is 5.12. The molecule has 5 nitrogen and oxygen atoms in total. The van der Waals surface area contributed by atoms with E-state index in [2.05, 4.69) is 10.2 Å². The first kappa shape index (κ1) is 19.0. The number of benzene rings is 2. The molecule has 8 heteroatoms. The molecule has 4 rings (SSSR count). The van der Waals surface area contributed by atoms with E-state index in [1.165, 1.54) is 23.9 Å². The first-order valence-electron chi connectivity index (χ1n) is 8.88. The summed E-state index contributed by atoms with van der Waals surface area (Å²) in [6, 6.07) is 11.7. The van der Waals surface area contributed by atoms with Gasteiger partial charge in [0.05, 0.1) is 10.9 Å². The Bertz CT molecular complexity index is 1230. The number of aromatic nitrogens is 4. The largest absolute Gasteiger partial charge is 0.276 e. The fourth-order valence-electron chi connectivity index (χ4n) is 3.16. The number of halogens is 2. The lowest BCUT2D eigenvalue weighted by atomic mass is 10.2. The lowest BCUT2D eigenvalue weighted by molar-refractivity contribution is 0.517. The molecule has 0 bridgehead atoms. The number of thioether (sulfide) groups is 1. The number of rotatable bonds is 5. The third-order valence-corrected chi connectivity index (χ3v) is 5.57. The van der Waals surface area contributed by atoms with Crippen molar-refractivity contribution in [3.05, 3.63) is 69.2 Å². The van der Waals surface area contributed by atoms with Crippen molar-refractivity contribution in [2.24, 2.45) is 5.92 Å². The van der Waals surface area contributed by atoms with Crippen LogP contribution in [-0.4, -0.2) is 19.2 Å². The molecule has 0 aliphatic carbocycles. The quantitative estimate of drug-likeness (QED) is 0.439. The van der Waals surface area contributed by atoms with Gasteiger partial charge in [-0.25, -0.2) is 4.39 Å². The van der Waals surface area contributed by atoms with Gasteiger partial charge in [0.25, 0.3) is 5.56 Å². The molecule has 0 unspecified atom stereocenters. The molecule has 28 heavy (non-hydrogen) atoms. The molecule has 2 aromatic heterocycles. The maximum Gasteiger partial charge on any atom is 0.262 e. The second kappa shape index (κ2) is 7.56. The van der Waals surface area contributed by atoms with Crippen LogP contribution in [0.15, 0.2) is 52.4 Å². The molecule has 0 spiro atoms. The Morgan fingerprint density at radius 1 is 1.18 bits per heavy atom. The van der Waals surface area contributed by atoms with Crippen LogP contribution in [0.3, 0.4) is 0 Å².